The molecule has 2 aromatic carbocycles. The fourth-order valence-corrected chi connectivity index (χ4v) is 3.87. The second-order valence-electron chi connectivity index (χ2n) is 5.95. The summed E-state index contributed by atoms with van der Waals surface area (Å²) in [6.07, 6.45) is 0.633. The number of thioether (sulfide) groups is 1. The molecule has 0 aliphatic carbocycles. The average Bonchev–Trinajstić information content (AvgIpc) is 2.93. The van der Waals surface area contributed by atoms with Crippen LogP contribution >= 0.6 is 11.8 Å². The maximum absolute atomic E-state index is 11.9. The number of fused-ring (bicyclic) bond motifs is 1. The van der Waals surface area contributed by atoms with Crippen molar-refractivity contribution in [3.63, 3.8) is 0 Å². The predicted octanol–water partition coefficient (Wildman–Crippen LogP) is 4.17. The van der Waals surface area contributed by atoms with Gasteiger partial charge in [-0.3, -0.25) is 4.79 Å². The van der Waals surface area contributed by atoms with Crippen molar-refractivity contribution in [3.05, 3.63) is 54.6 Å². The summed E-state index contributed by atoms with van der Waals surface area (Å²) in [6.45, 7) is 1.90. The highest BCUT2D eigenvalue weighted by Crippen LogP contribution is 2.33. The van der Waals surface area contributed by atoms with E-state index in [0.717, 1.165) is 22.4 Å². The summed E-state index contributed by atoms with van der Waals surface area (Å²) in [6, 6.07) is 17.7. The molecule has 25 heavy (non-hydrogen) atoms. The van der Waals surface area contributed by atoms with Gasteiger partial charge in [-0.1, -0.05) is 42.1 Å². The van der Waals surface area contributed by atoms with E-state index < -0.39 is 0 Å². The molecule has 2 heterocycles. The van der Waals surface area contributed by atoms with Gasteiger partial charge < -0.3 is 10.1 Å². The van der Waals surface area contributed by atoms with Crippen molar-refractivity contribution in [2.24, 2.45) is 0 Å². The lowest BCUT2D eigenvalue weighted by molar-refractivity contribution is -0.140. The molecule has 0 saturated carbocycles. The topological polar surface area (TPSA) is 64.1 Å². The summed E-state index contributed by atoms with van der Waals surface area (Å²) in [5, 5.41) is 4.62. The van der Waals surface area contributed by atoms with Crippen LogP contribution < -0.4 is 5.32 Å². The van der Waals surface area contributed by atoms with Gasteiger partial charge in [0.25, 0.3) is 0 Å². The Morgan fingerprint density at radius 1 is 1.08 bits per heavy atom. The van der Waals surface area contributed by atoms with E-state index in [4.69, 9.17) is 4.74 Å². The summed E-state index contributed by atoms with van der Waals surface area (Å²) in [5.74, 6) is 0.547. The molecule has 0 radical (unpaired) electrons. The zero-order chi connectivity index (χ0) is 17.2. The lowest BCUT2D eigenvalue weighted by Gasteiger charge is -2.11. The third-order valence-corrected chi connectivity index (χ3v) is 5.06. The quantitative estimate of drug-likeness (QED) is 0.562. The van der Waals surface area contributed by atoms with Crippen LogP contribution in [0.15, 0.2) is 59.8 Å². The van der Waals surface area contributed by atoms with Crippen molar-refractivity contribution in [3.8, 4) is 0 Å². The Bertz CT molecular complexity index is 917. The van der Waals surface area contributed by atoms with Gasteiger partial charge in [0, 0.05) is 17.5 Å². The van der Waals surface area contributed by atoms with Crippen molar-refractivity contribution in [1.82, 2.24) is 9.97 Å². The van der Waals surface area contributed by atoms with Crippen molar-refractivity contribution in [2.45, 2.75) is 29.9 Å². The number of esters is 1. The molecular weight excluding hydrogens is 334 g/mol. The van der Waals surface area contributed by atoms with Crippen LogP contribution in [0, 0.1) is 0 Å². The largest absolute Gasteiger partial charge is 0.462 e. The summed E-state index contributed by atoms with van der Waals surface area (Å²) in [5.41, 5.74) is 1.80. The smallest absolute Gasteiger partial charge is 0.319 e. The molecule has 1 N–H and O–H groups in total. The van der Waals surface area contributed by atoms with Gasteiger partial charge in [-0.25, -0.2) is 9.97 Å². The minimum absolute atomic E-state index is 0.0487. The summed E-state index contributed by atoms with van der Waals surface area (Å²) in [7, 11) is 0. The first-order valence-electron chi connectivity index (χ1n) is 8.15. The van der Waals surface area contributed by atoms with Gasteiger partial charge in [0.2, 0.25) is 0 Å². The van der Waals surface area contributed by atoms with Crippen molar-refractivity contribution in [2.75, 3.05) is 5.32 Å². The van der Waals surface area contributed by atoms with Gasteiger partial charge in [-0.05, 0) is 31.2 Å². The van der Waals surface area contributed by atoms with Crippen molar-refractivity contribution < 1.29 is 9.53 Å². The molecule has 1 aromatic heterocycles. The van der Waals surface area contributed by atoms with Gasteiger partial charge in [0.15, 0.2) is 5.16 Å². The highest BCUT2D eigenvalue weighted by atomic mass is 32.2. The van der Waals surface area contributed by atoms with Gasteiger partial charge in [-0.15, -0.1) is 0 Å². The summed E-state index contributed by atoms with van der Waals surface area (Å²) >= 11 is 1.37. The average molecular weight is 351 g/mol. The molecule has 0 bridgehead atoms. The maximum Gasteiger partial charge on any atom is 0.319 e. The number of rotatable bonds is 4. The Morgan fingerprint density at radius 2 is 1.84 bits per heavy atom. The number of anilines is 2. The highest BCUT2D eigenvalue weighted by Gasteiger charge is 2.33. The second kappa shape index (κ2) is 6.72. The van der Waals surface area contributed by atoms with Crippen LogP contribution in [-0.2, 0) is 9.53 Å². The van der Waals surface area contributed by atoms with E-state index in [0.29, 0.717) is 11.6 Å². The molecule has 0 spiro atoms. The Kier molecular flexibility index (Phi) is 4.28. The third-order valence-electron chi connectivity index (χ3n) is 3.99. The van der Waals surface area contributed by atoms with Crippen LogP contribution in [0.4, 0.5) is 11.5 Å². The first-order chi connectivity index (χ1) is 12.2. The molecule has 6 heteroatoms. The van der Waals surface area contributed by atoms with E-state index in [2.05, 4.69) is 15.3 Å². The van der Waals surface area contributed by atoms with Gasteiger partial charge in [-0.2, -0.15) is 0 Å². The van der Waals surface area contributed by atoms with E-state index in [1.54, 1.807) is 0 Å². The number of hydrogen-bond acceptors (Lipinski definition) is 6. The number of carbonyl (C=O) groups excluding carboxylic acids is 1. The van der Waals surface area contributed by atoms with Crippen LogP contribution in [0.25, 0.3) is 10.9 Å². The first kappa shape index (κ1) is 15.9. The number of cyclic esters (lactones) is 1. The molecule has 1 aliphatic heterocycles. The van der Waals surface area contributed by atoms with Gasteiger partial charge >= 0.3 is 5.97 Å². The number of nitrogens with zero attached hydrogens (tertiary/aromatic N) is 2. The zero-order valence-corrected chi connectivity index (χ0v) is 14.5. The van der Waals surface area contributed by atoms with Crippen molar-refractivity contribution in [1.29, 1.82) is 0 Å². The Morgan fingerprint density at radius 3 is 2.60 bits per heavy atom. The van der Waals surface area contributed by atoms with Gasteiger partial charge in [0.1, 0.15) is 17.2 Å². The Balaban J connectivity index is 1.70. The molecule has 4 rings (SSSR count). The van der Waals surface area contributed by atoms with Crippen molar-refractivity contribution >= 4 is 40.1 Å². The molecule has 5 nitrogen and oxygen atoms in total. The lowest BCUT2D eigenvalue weighted by atomic mass is 10.2. The predicted molar refractivity (Wildman–Crippen MR) is 99.1 cm³/mol. The monoisotopic (exact) mass is 351 g/mol. The Labute approximate surface area is 149 Å². The number of aromatic nitrogens is 2. The number of carbonyl (C=O) groups is 1. The minimum Gasteiger partial charge on any atom is -0.462 e. The molecule has 1 aliphatic rings. The van der Waals surface area contributed by atoms with Gasteiger partial charge in [0.05, 0.1) is 5.52 Å². The SMILES string of the molecule is C[C@H]1C[C@H](Sc2nc(Nc3ccccc3)c3ccccc3n2)C(=O)O1. The van der Waals surface area contributed by atoms with E-state index in [-0.39, 0.29) is 17.3 Å². The fourth-order valence-electron chi connectivity index (χ4n) is 2.80. The van der Waals surface area contributed by atoms with Crippen LogP contribution in [0.1, 0.15) is 13.3 Å². The summed E-state index contributed by atoms with van der Waals surface area (Å²) < 4.78 is 5.23. The van der Waals surface area contributed by atoms with E-state index in [9.17, 15) is 4.79 Å². The number of hydrogen-bond donors (Lipinski definition) is 1. The van der Waals surface area contributed by atoms with Crippen LogP contribution in [0.2, 0.25) is 0 Å². The van der Waals surface area contributed by atoms with Crippen LogP contribution in [-0.4, -0.2) is 27.3 Å². The lowest BCUT2D eigenvalue weighted by Crippen LogP contribution is -2.10. The van der Waals surface area contributed by atoms with Crippen LogP contribution in [0.3, 0.4) is 0 Å². The molecule has 3 aromatic rings. The minimum atomic E-state index is -0.249. The zero-order valence-electron chi connectivity index (χ0n) is 13.7. The Hall–Kier alpha value is -2.60. The number of benzene rings is 2. The van der Waals surface area contributed by atoms with Crippen LogP contribution in [0.5, 0.6) is 0 Å². The maximum atomic E-state index is 11.9. The normalized spacial score (nSPS) is 19.8. The molecule has 2 atom stereocenters. The molecule has 126 valence electrons. The highest BCUT2D eigenvalue weighted by molar-refractivity contribution is 8.00. The van der Waals surface area contributed by atoms with E-state index in [1.807, 2.05) is 61.5 Å². The number of nitrogens with one attached hydrogen (secondary N) is 1. The number of ether oxygens (including phenoxy) is 1. The molecular formula is C19H17N3O2S. The molecule has 1 saturated heterocycles. The third kappa shape index (κ3) is 3.44. The fraction of sp³-hybridized carbons (Fsp3) is 0.211. The van der Waals surface area contributed by atoms with E-state index in [1.165, 1.54) is 11.8 Å². The molecule has 0 amide bonds. The molecule has 1 fully saturated rings. The second-order valence-corrected chi connectivity index (χ2v) is 7.12. The number of para-hydroxylation sites is 2. The molecule has 0 unspecified atom stereocenters. The van der Waals surface area contributed by atoms with E-state index >= 15 is 0 Å². The first-order valence-corrected chi connectivity index (χ1v) is 9.03. The summed E-state index contributed by atoms with van der Waals surface area (Å²) in [4.78, 5) is 21.2. The standard InChI is InChI=1S/C19H17N3O2S/c1-12-11-16(18(23)24-12)25-19-21-15-10-6-5-9-14(15)17(22-19)20-13-7-3-2-4-8-13/h2-10,12,16H,11H2,1H3,(H,20,21,22)/t12-,16-/m0/s1.